The second-order valence-corrected chi connectivity index (χ2v) is 9.19. The summed E-state index contributed by atoms with van der Waals surface area (Å²) in [5, 5.41) is 0. The minimum atomic E-state index is 0.528. The fourth-order valence-electron chi connectivity index (χ4n) is 4.34. The summed E-state index contributed by atoms with van der Waals surface area (Å²) in [6, 6.07) is 28.6. The number of amidine groups is 1. The van der Waals surface area contributed by atoms with E-state index in [2.05, 4.69) is 95.7 Å². The molecule has 0 spiro atoms. The van der Waals surface area contributed by atoms with E-state index >= 15 is 0 Å². The van der Waals surface area contributed by atoms with Gasteiger partial charge in [0.2, 0.25) is 0 Å². The molecular formula is C26H27N3S. The monoisotopic (exact) mass is 413 g/mol. The number of hydrogen-bond acceptors (Lipinski definition) is 4. The first-order chi connectivity index (χ1) is 14.8. The lowest BCUT2D eigenvalue weighted by molar-refractivity contribution is 0.134. The van der Waals surface area contributed by atoms with Crippen molar-refractivity contribution < 1.29 is 0 Å². The summed E-state index contributed by atoms with van der Waals surface area (Å²) in [6.45, 7) is 3.09. The van der Waals surface area contributed by atoms with E-state index in [9.17, 15) is 0 Å². The third-order valence-corrected chi connectivity index (χ3v) is 7.27. The summed E-state index contributed by atoms with van der Waals surface area (Å²) >= 11 is 1.83. The number of benzene rings is 3. The number of aryl methyl sites for hydroxylation is 1. The van der Waals surface area contributed by atoms with Crippen LogP contribution in [0.25, 0.3) is 0 Å². The number of rotatable bonds is 3. The van der Waals surface area contributed by atoms with Crippen LogP contribution in [-0.4, -0.2) is 48.4 Å². The van der Waals surface area contributed by atoms with E-state index in [1.807, 2.05) is 11.8 Å². The number of fused-ring (bicyclic) bond motifs is 2. The molecule has 3 aromatic carbocycles. The molecule has 0 aromatic heterocycles. The molecule has 0 aliphatic carbocycles. The summed E-state index contributed by atoms with van der Waals surface area (Å²) < 4.78 is 0. The van der Waals surface area contributed by atoms with Crippen molar-refractivity contribution in [1.29, 1.82) is 0 Å². The molecule has 1 unspecified atom stereocenters. The molecule has 1 saturated heterocycles. The van der Waals surface area contributed by atoms with Gasteiger partial charge in [0.1, 0.15) is 5.84 Å². The summed E-state index contributed by atoms with van der Waals surface area (Å²) in [7, 11) is 2.26. The van der Waals surface area contributed by atoms with Gasteiger partial charge in [-0.1, -0.05) is 72.4 Å². The zero-order valence-corrected chi connectivity index (χ0v) is 18.2. The number of likely N-dealkylation sites (N-methyl/N-ethyl adjacent to an activating group) is 1. The van der Waals surface area contributed by atoms with Crippen LogP contribution in [0, 0.1) is 0 Å². The Balaban J connectivity index is 1.43. The first kappa shape index (κ1) is 19.4. The average molecular weight is 414 g/mol. The molecule has 1 atom stereocenters. The maximum atomic E-state index is 5.19. The van der Waals surface area contributed by atoms with Crippen LogP contribution in [-0.2, 0) is 6.42 Å². The van der Waals surface area contributed by atoms with Gasteiger partial charge in [0.25, 0.3) is 0 Å². The summed E-state index contributed by atoms with van der Waals surface area (Å²) in [6.07, 6.45) is 2.28. The second-order valence-electron chi connectivity index (χ2n) is 8.11. The number of hydrogen-bond donors (Lipinski definition) is 0. The van der Waals surface area contributed by atoms with Gasteiger partial charge in [0.05, 0.1) is 5.69 Å². The highest BCUT2D eigenvalue weighted by molar-refractivity contribution is 7.99. The van der Waals surface area contributed by atoms with Crippen LogP contribution in [0.4, 0.5) is 5.69 Å². The molecule has 0 amide bonds. The maximum Gasteiger partial charge on any atom is 0.137 e. The van der Waals surface area contributed by atoms with Crippen molar-refractivity contribution in [2.24, 2.45) is 4.99 Å². The van der Waals surface area contributed by atoms with Crippen molar-refractivity contribution in [3.05, 3.63) is 90.0 Å². The Morgan fingerprint density at radius 1 is 0.867 bits per heavy atom. The molecule has 30 heavy (non-hydrogen) atoms. The molecule has 0 radical (unpaired) electrons. The van der Waals surface area contributed by atoms with Crippen molar-refractivity contribution in [2.45, 2.75) is 28.7 Å². The SMILES string of the molecule is CN1CCN(C2=Nc3ccccc3Sc3ccccc32)CC1CCc1ccccc1. The Morgan fingerprint density at radius 2 is 1.60 bits per heavy atom. The van der Waals surface area contributed by atoms with Gasteiger partial charge >= 0.3 is 0 Å². The van der Waals surface area contributed by atoms with Gasteiger partial charge < -0.3 is 4.90 Å². The van der Waals surface area contributed by atoms with Crippen molar-refractivity contribution in [2.75, 3.05) is 26.7 Å². The highest BCUT2D eigenvalue weighted by Gasteiger charge is 2.29. The van der Waals surface area contributed by atoms with E-state index < -0.39 is 0 Å². The van der Waals surface area contributed by atoms with Gasteiger partial charge in [0.15, 0.2) is 0 Å². The Hall–Kier alpha value is -2.56. The quantitative estimate of drug-likeness (QED) is 0.567. The van der Waals surface area contributed by atoms with Crippen LogP contribution in [0.3, 0.4) is 0 Å². The van der Waals surface area contributed by atoms with Crippen LogP contribution < -0.4 is 0 Å². The fraction of sp³-hybridized carbons (Fsp3) is 0.269. The smallest absolute Gasteiger partial charge is 0.137 e. The predicted molar refractivity (Wildman–Crippen MR) is 126 cm³/mol. The van der Waals surface area contributed by atoms with E-state index in [-0.39, 0.29) is 0 Å². The van der Waals surface area contributed by atoms with Crippen molar-refractivity contribution in [3.8, 4) is 0 Å². The van der Waals surface area contributed by atoms with Crippen LogP contribution in [0.1, 0.15) is 17.5 Å². The van der Waals surface area contributed by atoms with Crippen LogP contribution >= 0.6 is 11.8 Å². The Morgan fingerprint density at radius 3 is 2.47 bits per heavy atom. The lowest BCUT2D eigenvalue weighted by atomic mass is 10.0. The Bertz CT molecular complexity index is 1050. The number of aliphatic imine (C=N–C) groups is 1. The normalized spacial score (nSPS) is 18.9. The standard InChI is InChI=1S/C26H27N3S/c1-28-17-18-29(19-21(28)16-15-20-9-3-2-4-10-20)26-22-11-5-7-13-24(22)30-25-14-8-6-12-23(25)27-26/h2-14,21H,15-19H2,1H3. The fourth-order valence-corrected chi connectivity index (χ4v) is 5.36. The molecule has 1 fully saturated rings. The number of piperazine rings is 1. The van der Waals surface area contributed by atoms with Gasteiger partial charge in [-0.25, -0.2) is 4.99 Å². The van der Waals surface area contributed by atoms with Crippen LogP contribution in [0.5, 0.6) is 0 Å². The van der Waals surface area contributed by atoms with E-state index in [1.54, 1.807) is 0 Å². The molecule has 152 valence electrons. The first-order valence-electron chi connectivity index (χ1n) is 10.7. The minimum absolute atomic E-state index is 0.528. The van der Waals surface area contributed by atoms with Gasteiger partial charge in [-0.05, 0) is 43.7 Å². The highest BCUT2D eigenvalue weighted by Crippen LogP contribution is 2.40. The molecular weight excluding hydrogens is 386 g/mol. The molecule has 2 aliphatic rings. The molecule has 4 heteroatoms. The third kappa shape index (κ3) is 4.03. The summed E-state index contributed by atoms with van der Waals surface area (Å²) in [5.74, 6) is 1.13. The molecule has 0 bridgehead atoms. The number of nitrogens with zero attached hydrogens (tertiary/aromatic N) is 3. The van der Waals surface area contributed by atoms with E-state index in [0.29, 0.717) is 6.04 Å². The first-order valence-corrected chi connectivity index (χ1v) is 11.5. The van der Waals surface area contributed by atoms with E-state index in [1.165, 1.54) is 20.9 Å². The zero-order valence-electron chi connectivity index (χ0n) is 17.4. The Kier molecular flexibility index (Phi) is 5.60. The van der Waals surface area contributed by atoms with E-state index in [0.717, 1.165) is 44.0 Å². The molecule has 2 heterocycles. The van der Waals surface area contributed by atoms with Crippen molar-refractivity contribution >= 4 is 23.3 Å². The van der Waals surface area contributed by atoms with Crippen molar-refractivity contribution in [1.82, 2.24) is 9.80 Å². The summed E-state index contributed by atoms with van der Waals surface area (Å²) in [5.41, 5.74) is 3.75. The van der Waals surface area contributed by atoms with Crippen LogP contribution in [0.2, 0.25) is 0 Å². The lowest BCUT2D eigenvalue weighted by Gasteiger charge is -2.41. The minimum Gasteiger partial charge on any atom is -0.353 e. The molecule has 5 rings (SSSR count). The molecule has 3 nitrogen and oxygen atoms in total. The number of para-hydroxylation sites is 1. The average Bonchev–Trinajstić information content (AvgIpc) is 2.96. The lowest BCUT2D eigenvalue weighted by Crippen LogP contribution is -2.53. The topological polar surface area (TPSA) is 18.8 Å². The van der Waals surface area contributed by atoms with Gasteiger partial charge in [-0.3, -0.25) is 4.90 Å². The third-order valence-electron chi connectivity index (χ3n) is 6.13. The van der Waals surface area contributed by atoms with Gasteiger partial charge in [-0.15, -0.1) is 0 Å². The predicted octanol–water partition coefficient (Wildman–Crippen LogP) is 5.48. The maximum absolute atomic E-state index is 5.19. The Labute approximate surface area is 183 Å². The molecule has 3 aromatic rings. The largest absolute Gasteiger partial charge is 0.353 e. The van der Waals surface area contributed by atoms with E-state index in [4.69, 9.17) is 4.99 Å². The van der Waals surface area contributed by atoms with Crippen LogP contribution in [0.15, 0.2) is 93.6 Å². The molecule has 0 N–H and O–H groups in total. The van der Waals surface area contributed by atoms with Gasteiger partial charge in [0, 0.05) is 41.0 Å². The second kappa shape index (κ2) is 8.66. The molecule has 2 aliphatic heterocycles. The highest BCUT2D eigenvalue weighted by atomic mass is 32.2. The summed E-state index contributed by atoms with van der Waals surface area (Å²) in [4.78, 5) is 12.7. The van der Waals surface area contributed by atoms with Crippen molar-refractivity contribution in [3.63, 3.8) is 0 Å². The zero-order chi connectivity index (χ0) is 20.3. The van der Waals surface area contributed by atoms with Gasteiger partial charge in [-0.2, -0.15) is 0 Å². The molecule has 0 saturated carbocycles.